The Morgan fingerprint density at radius 3 is 2.27 bits per heavy atom. The fourth-order valence-corrected chi connectivity index (χ4v) is 4.99. The molecule has 10 heteroatoms. The second-order valence-corrected chi connectivity index (χ2v) is 9.51. The normalized spacial score (nSPS) is 12.3. The van der Waals surface area contributed by atoms with Crippen LogP contribution in [0, 0.1) is 5.82 Å². The minimum absolute atomic E-state index is 0.0602. The topological polar surface area (TPSA) is 101 Å². The molecule has 0 fully saturated rings. The largest absolute Gasteiger partial charge is 0.299 e. The quantitative estimate of drug-likeness (QED) is 0.397. The molecule has 0 saturated carbocycles. The van der Waals surface area contributed by atoms with E-state index in [-0.39, 0.29) is 11.6 Å². The van der Waals surface area contributed by atoms with Crippen molar-refractivity contribution in [2.75, 3.05) is 5.32 Å². The van der Waals surface area contributed by atoms with Gasteiger partial charge in [-0.3, -0.25) is 10.1 Å². The van der Waals surface area contributed by atoms with Gasteiger partial charge in [0.1, 0.15) is 16.8 Å². The van der Waals surface area contributed by atoms with Crippen molar-refractivity contribution in [2.24, 2.45) is 0 Å². The van der Waals surface area contributed by atoms with E-state index < -0.39 is 32.7 Å². The van der Waals surface area contributed by atoms with Crippen molar-refractivity contribution in [3.05, 3.63) is 96.3 Å². The second kappa shape index (κ2) is 9.99. The lowest BCUT2D eigenvalue weighted by atomic mass is 10.1. The average Bonchev–Trinajstić information content (AvgIpc) is 3.28. The van der Waals surface area contributed by atoms with Crippen molar-refractivity contribution in [2.45, 2.75) is 17.4 Å². The summed E-state index contributed by atoms with van der Waals surface area (Å²) in [6.07, 6.45) is 0.0602. The van der Waals surface area contributed by atoms with Crippen LogP contribution in [0.1, 0.15) is 5.56 Å². The highest BCUT2D eigenvalue weighted by atomic mass is 32.2. The Hall–Kier alpha value is -3.47. The minimum Gasteiger partial charge on any atom is -0.299 e. The molecule has 1 aromatic heterocycles. The van der Waals surface area contributed by atoms with Crippen molar-refractivity contribution in [1.29, 1.82) is 0 Å². The molecule has 168 valence electrons. The Morgan fingerprint density at radius 1 is 0.939 bits per heavy atom. The van der Waals surface area contributed by atoms with Gasteiger partial charge in [0, 0.05) is 17.1 Å². The zero-order valence-electron chi connectivity index (χ0n) is 17.2. The Morgan fingerprint density at radius 2 is 1.58 bits per heavy atom. The number of hydrogen-bond donors (Lipinski definition) is 2. The number of hydrogen-bond acceptors (Lipinski definition) is 6. The fraction of sp³-hybridized carbons (Fsp3) is 0.0870. The minimum atomic E-state index is -4.30. The van der Waals surface area contributed by atoms with E-state index in [0.717, 1.165) is 34.8 Å². The van der Waals surface area contributed by atoms with Gasteiger partial charge in [-0.15, -0.1) is 0 Å². The summed E-state index contributed by atoms with van der Waals surface area (Å²) >= 11 is 0.983. The summed E-state index contributed by atoms with van der Waals surface area (Å²) in [5, 5.41) is 2.85. The zero-order chi connectivity index (χ0) is 23.3. The van der Waals surface area contributed by atoms with Gasteiger partial charge >= 0.3 is 0 Å². The van der Waals surface area contributed by atoms with E-state index in [1.807, 2.05) is 36.4 Å². The maximum Gasteiger partial charge on any atom is 0.244 e. The first-order valence-corrected chi connectivity index (χ1v) is 12.2. The number of carbonyl (C=O) groups is 1. The summed E-state index contributed by atoms with van der Waals surface area (Å²) in [5.74, 6) is -1.09. The molecular weight excluding hydrogens is 463 g/mol. The molecule has 7 nitrogen and oxygen atoms in total. The molecule has 1 atom stereocenters. The van der Waals surface area contributed by atoms with Crippen LogP contribution in [0.3, 0.4) is 0 Å². The lowest BCUT2D eigenvalue weighted by molar-refractivity contribution is -0.117. The smallest absolute Gasteiger partial charge is 0.244 e. The summed E-state index contributed by atoms with van der Waals surface area (Å²) < 4.78 is 46.4. The van der Waals surface area contributed by atoms with Crippen LogP contribution in [0.25, 0.3) is 11.4 Å². The molecule has 0 saturated heterocycles. The highest BCUT2D eigenvalue weighted by molar-refractivity contribution is 7.89. The number of sulfonamides is 1. The first-order valence-electron chi connectivity index (χ1n) is 9.93. The molecular formula is C23H19FN4O3S2. The predicted molar refractivity (Wildman–Crippen MR) is 125 cm³/mol. The van der Waals surface area contributed by atoms with Crippen LogP contribution < -0.4 is 10.0 Å². The van der Waals surface area contributed by atoms with Crippen LogP contribution in [0.2, 0.25) is 0 Å². The van der Waals surface area contributed by atoms with E-state index in [4.69, 9.17) is 0 Å². The third-order valence-electron chi connectivity index (χ3n) is 4.71. The molecule has 33 heavy (non-hydrogen) atoms. The number of halogens is 1. The van der Waals surface area contributed by atoms with Crippen LogP contribution in [-0.2, 0) is 21.2 Å². The van der Waals surface area contributed by atoms with Gasteiger partial charge in [0.2, 0.25) is 21.1 Å². The lowest BCUT2D eigenvalue weighted by Gasteiger charge is -2.18. The number of amides is 1. The molecule has 4 aromatic rings. The monoisotopic (exact) mass is 482 g/mol. The lowest BCUT2D eigenvalue weighted by Crippen LogP contribution is -2.45. The van der Waals surface area contributed by atoms with E-state index in [0.29, 0.717) is 5.82 Å². The molecule has 0 bridgehead atoms. The van der Waals surface area contributed by atoms with Crippen LogP contribution in [0.15, 0.2) is 89.8 Å². The van der Waals surface area contributed by atoms with Crippen molar-refractivity contribution in [3.8, 4) is 11.4 Å². The Bertz CT molecular complexity index is 1350. The van der Waals surface area contributed by atoms with Gasteiger partial charge < -0.3 is 0 Å². The SMILES string of the molecule is O=C(Nc1nc(-c2ccccc2)ns1)C(Cc1ccccc1)NS(=O)(=O)c1ccccc1F. The van der Waals surface area contributed by atoms with Gasteiger partial charge in [-0.1, -0.05) is 72.8 Å². The molecule has 0 radical (unpaired) electrons. The van der Waals surface area contributed by atoms with E-state index in [9.17, 15) is 17.6 Å². The van der Waals surface area contributed by atoms with Crippen LogP contribution in [-0.4, -0.2) is 29.7 Å². The molecule has 3 aromatic carbocycles. The van der Waals surface area contributed by atoms with Crippen LogP contribution in [0.4, 0.5) is 9.52 Å². The average molecular weight is 483 g/mol. The summed E-state index contributed by atoms with van der Waals surface area (Å²) in [6, 6.07) is 22.0. The van der Waals surface area contributed by atoms with E-state index >= 15 is 0 Å². The van der Waals surface area contributed by atoms with Crippen molar-refractivity contribution < 1.29 is 17.6 Å². The first kappa shape index (κ1) is 22.7. The summed E-state index contributed by atoms with van der Waals surface area (Å²) in [6.45, 7) is 0. The van der Waals surface area contributed by atoms with Gasteiger partial charge in [0.25, 0.3) is 0 Å². The predicted octanol–water partition coefficient (Wildman–Crippen LogP) is 3.87. The third kappa shape index (κ3) is 5.67. The number of anilines is 1. The molecule has 0 aliphatic heterocycles. The van der Waals surface area contributed by atoms with Gasteiger partial charge in [0.05, 0.1) is 0 Å². The summed E-state index contributed by atoms with van der Waals surface area (Å²) in [4.78, 5) is 16.9. The molecule has 1 amide bonds. The Kier molecular flexibility index (Phi) is 6.87. The third-order valence-corrected chi connectivity index (χ3v) is 6.85. The molecule has 0 spiro atoms. The Balaban J connectivity index is 1.57. The molecule has 1 heterocycles. The fourth-order valence-electron chi connectivity index (χ4n) is 3.12. The van der Waals surface area contributed by atoms with Gasteiger partial charge in [0.15, 0.2) is 5.82 Å². The highest BCUT2D eigenvalue weighted by Crippen LogP contribution is 2.21. The number of nitrogens with zero attached hydrogens (tertiary/aromatic N) is 2. The maximum atomic E-state index is 14.1. The second-order valence-electron chi connectivity index (χ2n) is 7.07. The number of nitrogens with one attached hydrogen (secondary N) is 2. The molecule has 4 rings (SSSR count). The van der Waals surface area contributed by atoms with Crippen molar-refractivity contribution >= 4 is 32.6 Å². The van der Waals surface area contributed by atoms with Crippen LogP contribution >= 0.6 is 11.5 Å². The van der Waals surface area contributed by atoms with Gasteiger partial charge in [-0.25, -0.2) is 12.8 Å². The zero-order valence-corrected chi connectivity index (χ0v) is 18.8. The van der Waals surface area contributed by atoms with Crippen molar-refractivity contribution in [3.63, 3.8) is 0 Å². The highest BCUT2D eigenvalue weighted by Gasteiger charge is 2.28. The molecule has 0 aliphatic rings. The maximum absolute atomic E-state index is 14.1. The van der Waals surface area contributed by atoms with E-state index in [1.54, 1.807) is 24.3 Å². The number of benzene rings is 3. The van der Waals surface area contributed by atoms with Gasteiger partial charge in [-0.05, 0) is 24.1 Å². The van der Waals surface area contributed by atoms with E-state index in [2.05, 4.69) is 19.4 Å². The first-order chi connectivity index (χ1) is 15.9. The van der Waals surface area contributed by atoms with E-state index in [1.165, 1.54) is 12.1 Å². The summed E-state index contributed by atoms with van der Waals surface area (Å²) in [5.41, 5.74) is 1.52. The number of aromatic nitrogens is 2. The molecule has 1 unspecified atom stereocenters. The van der Waals surface area contributed by atoms with Crippen LogP contribution in [0.5, 0.6) is 0 Å². The molecule has 2 N–H and O–H groups in total. The summed E-state index contributed by atoms with van der Waals surface area (Å²) in [7, 11) is -4.30. The molecule has 0 aliphatic carbocycles. The Labute approximate surface area is 194 Å². The van der Waals surface area contributed by atoms with Crippen molar-refractivity contribution in [1.82, 2.24) is 14.1 Å². The van der Waals surface area contributed by atoms with Gasteiger partial charge in [-0.2, -0.15) is 14.1 Å². The number of rotatable bonds is 8. The standard InChI is InChI=1S/C23H19FN4O3S2/c24-18-13-7-8-14-20(18)33(30,31)28-19(15-16-9-3-1-4-10-16)22(29)26-23-25-21(27-32-23)17-11-5-2-6-12-17/h1-14,19,28H,15H2,(H,25,26,27,29). The number of carbonyl (C=O) groups excluding carboxylic acids is 1.